The Balaban J connectivity index is 2.11. The number of halogens is 1. The molecule has 0 atom stereocenters. The fourth-order valence-electron chi connectivity index (χ4n) is 1.44. The van der Waals surface area contributed by atoms with Crippen molar-refractivity contribution in [3.8, 4) is 0 Å². The molecule has 0 radical (unpaired) electrons. The van der Waals surface area contributed by atoms with Crippen molar-refractivity contribution in [1.82, 2.24) is 5.32 Å². The lowest BCUT2D eigenvalue weighted by Gasteiger charge is -2.08. The molecule has 0 bridgehead atoms. The van der Waals surface area contributed by atoms with Gasteiger partial charge in [-0.1, -0.05) is 35.8 Å². The molecule has 0 fully saturated rings. The van der Waals surface area contributed by atoms with Crippen LogP contribution in [-0.2, 0) is 9.53 Å². The summed E-state index contributed by atoms with van der Waals surface area (Å²) in [5.41, 5.74) is 0.789. The SMILES string of the molecule is CC(C)COCCNCC(=O)Nc1cccc(Br)c1. The lowest BCUT2D eigenvalue weighted by atomic mass is 10.2. The first-order valence-corrected chi connectivity index (χ1v) is 7.21. The highest BCUT2D eigenvalue weighted by atomic mass is 79.9. The number of nitrogens with one attached hydrogen (secondary N) is 2. The number of anilines is 1. The highest BCUT2D eigenvalue weighted by Crippen LogP contribution is 2.15. The van der Waals surface area contributed by atoms with E-state index in [-0.39, 0.29) is 12.5 Å². The van der Waals surface area contributed by atoms with E-state index in [1.54, 1.807) is 0 Å². The Morgan fingerprint density at radius 2 is 2.21 bits per heavy atom. The van der Waals surface area contributed by atoms with Gasteiger partial charge < -0.3 is 15.4 Å². The molecule has 0 saturated heterocycles. The maximum atomic E-state index is 11.6. The fraction of sp³-hybridized carbons (Fsp3) is 0.500. The third-order valence-corrected chi connectivity index (χ3v) is 2.76. The Hall–Kier alpha value is -0.910. The Kier molecular flexibility index (Phi) is 7.70. The first-order valence-electron chi connectivity index (χ1n) is 6.42. The molecular weight excluding hydrogens is 308 g/mol. The minimum Gasteiger partial charge on any atom is -0.380 e. The van der Waals surface area contributed by atoms with Crippen molar-refractivity contribution in [1.29, 1.82) is 0 Å². The molecule has 1 amide bonds. The van der Waals surface area contributed by atoms with Gasteiger partial charge in [0, 0.05) is 23.3 Å². The number of amides is 1. The van der Waals surface area contributed by atoms with Gasteiger partial charge >= 0.3 is 0 Å². The second-order valence-electron chi connectivity index (χ2n) is 4.70. The lowest BCUT2D eigenvalue weighted by Crippen LogP contribution is -2.30. The molecule has 0 unspecified atom stereocenters. The highest BCUT2D eigenvalue weighted by molar-refractivity contribution is 9.10. The van der Waals surface area contributed by atoms with Crippen molar-refractivity contribution in [3.63, 3.8) is 0 Å². The molecule has 0 saturated carbocycles. The summed E-state index contributed by atoms with van der Waals surface area (Å²) in [6.07, 6.45) is 0. The van der Waals surface area contributed by atoms with Gasteiger partial charge in [0.2, 0.25) is 5.91 Å². The normalized spacial score (nSPS) is 10.7. The Morgan fingerprint density at radius 1 is 1.42 bits per heavy atom. The second kappa shape index (κ2) is 9.07. The van der Waals surface area contributed by atoms with Crippen LogP contribution in [0.25, 0.3) is 0 Å². The van der Waals surface area contributed by atoms with Gasteiger partial charge in [0.15, 0.2) is 0 Å². The van der Waals surface area contributed by atoms with E-state index >= 15 is 0 Å². The maximum absolute atomic E-state index is 11.6. The van der Waals surface area contributed by atoms with E-state index in [0.29, 0.717) is 19.1 Å². The largest absolute Gasteiger partial charge is 0.380 e. The number of hydrogen-bond acceptors (Lipinski definition) is 3. The molecule has 1 rings (SSSR count). The molecule has 0 aliphatic heterocycles. The van der Waals surface area contributed by atoms with Gasteiger partial charge in [-0.15, -0.1) is 0 Å². The molecule has 1 aromatic carbocycles. The van der Waals surface area contributed by atoms with Crippen LogP contribution in [0.3, 0.4) is 0 Å². The van der Waals surface area contributed by atoms with E-state index in [9.17, 15) is 4.79 Å². The van der Waals surface area contributed by atoms with Crippen LogP contribution >= 0.6 is 15.9 Å². The number of carbonyl (C=O) groups is 1. The number of ether oxygens (including phenoxy) is 1. The summed E-state index contributed by atoms with van der Waals surface area (Å²) in [6, 6.07) is 7.52. The third-order valence-electron chi connectivity index (χ3n) is 2.27. The van der Waals surface area contributed by atoms with E-state index in [2.05, 4.69) is 40.4 Å². The molecule has 1 aromatic rings. The number of carbonyl (C=O) groups excluding carboxylic acids is 1. The molecule has 0 aliphatic rings. The molecule has 2 N–H and O–H groups in total. The van der Waals surface area contributed by atoms with Gasteiger partial charge in [0.1, 0.15) is 0 Å². The van der Waals surface area contributed by atoms with Crippen molar-refractivity contribution in [2.45, 2.75) is 13.8 Å². The molecule has 0 aromatic heterocycles. The summed E-state index contributed by atoms with van der Waals surface area (Å²) < 4.78 is 6.36. The van der Waals surface area contributed by atoms with Gasteiger partial charge in [-0.25, -0.2) is 0 Å². The van der Waals surface area contributed by atoms with Crippen LogP contribution in [0.5, 0.6) is 0 Å². The molecular formula is C14H21BrN2O2. The molecule has 0 aliphatic carbocycles. The molecule has 106 valence electrons. The van der Waals surface area contributed by atoms with Gasteiger partial charge in [-0.05, 0) is 24.1 Å². The van der Waals surface area contributed by atoms with Gasteiger partial charge in [-0.2, -0.15) is 0 Å². The Labute approximate surface area is 123 Å². The van der Waals surface area contributed by atoms with E-state index in [0.717, 1.165) is 16.8 Å². The standard InChI is InChI=1S/C14H21BrN2O2/c1-11(2)10-19-7-6-16-9-14(18)17-13-5-3-4-12(15)8-13/h3-5,8,11,16H,6-7,9-10H2,1-2H3,(H,17,18). The number of benzene rings is 1. The van der Waals surface area contributed by atoms with Crippen LogP contribution < -0.4 is 10.6 Å². The quantitative estimate of drug-likeness (QED) is 0.721. The van der Waals surface area contributed by atoms with Crippen LogP contribution in [-0.4, -0.2) is 32.2 Å². The van der Waals surface area contributed by atoms with E-state index in [1.165, 1.54) is 0 Å². The van der Waals surface area contributed by atoms with Crippen LogP contribution in [0.1, 0.15) is 13.8 Å². The van der Waals surface area contributed by atoms with E-state index in [4.69, 9.17) is 4.74 Å². The molecule has 4 nitrogen and oxygen atoms in total. The summed E-state index contributed by atoms with van der Waals surface area (Å²) in [5.74, 6) is 0.488. The lowest BCUT2D eigenvalue weighted by molar-refractivity contribution is -0.115. The molecule has 0 heterocycles. The minimum absolute atomic E-state index is 0.0537. The Bertz CT molecular complexity index is 397. The molecule has 5 heteroatoms. The van der Waals surface area contributed by atoms with Gasteiger partial charge in [-0.3, -0.25) is 4.79 Å². The van der Waals surface area contributed by atoms with Crippen LogP contribution in [0, 0.1) is 5.92 Å². The van der Waals surface area contributed by atoms with Crippen LogP contribution in [0.15, 0.2) is 28.7 Å². The van der Waals surface area contributed by atoms with Crippen LogP contribution in [0.2, 0.25) is 0 Å². The smallest absolute Gasteiger partial charge is 0.238 e. The third kappa shape index (κ3) is 7.97. The zero-order chi connectivity index (χ0) is 14.1. The summed E-state index contributed by atoms with van der Waals surface area (Å²) >= 11 is 3.36. The summed E-state index contributed by atoms with van der Waals surface area (Å²) in [4.78, 5) is 11.6. The highest BCUT2D eigenvalue weighted by Gasteiger charge is 2.02. The first kappa shape index (κ1) is 16.1. The van der Waals surface area contributed by atoms with Crippen molar-refractivity contribution in [2.75, 3.05) is 31.6 Å². The van der Waals surface area contributed by atoms with Crippen LogP contribution in [0.4, 0.5) is 5.69 Å². The minimum atomic E-state index is -0.0537. The van der Waals surface area contributed by atoms with Gasteiger partial charge in [0.25, 0.3) is 0 Å². The van der Waals surface area contributed by atoms with Crippen molar-refractivity contribution < 1.29 is 9.53 Å². The summed E-state index contributed by atoms with van der Waals surface area (Å²) in [7, 11) is 0. The predicted octanol–water partition coefficient (Wildman–Crippen LogP) is 2.65. The Morgan fingerprint density at radius 3 is 2.89 bits per heavy atom. The first-order chi connectivity index (χ1) is 9.08. The zero-order valence-electron chi connectivity index (χ0n) is 11.4. The molecule has 19 heavy (non-hydrogen) atoms. The maximum Gasteiger partial charge on any atom is 0.238 e. The monoisotopic (exact) mass is 328 g/mol. The average molecular weight is 329 g/mol. The number of rotatable bonds is 8. The summed E-state index contributed by atoms with van der Waals surface area (Å²) in [5, 5.41) is 5.86. The van der Waals surface area contributed by atoms with Gasteiger partial charge in [0.05, 0.1) is 13.2 Å². The molecule has 0 spiro atoms. The average Bonchev–Trinajstić information content (AvgIpc) is 2.33. The topological polar surface area (TPSA) is 50.4 Å². The zero-order valence-corrected chi connectivity index (χ0v) is 13.0. The van der Waals surface area contributed by atoms with E-state index < -0.39 is 0 Å². The fourth-order valence-corrected chi connectivity index (χ4v) is 1.84. The second-order valence-corrected chi connectivity index (χ2v) is 5.62. The number of hydrogen-bond donors (Lipinski definition) is 2. The predicted molar refractivity (Wildman–Crippen MR) is 81.3 cm³/mol. The van der Waals surface area contributed by atoms with Crippen molar-refractivity contribution in [3.05, 3.63) is 28.7 Å². The van der Waals surface area contributed by atoms with E-state index in [1.807, 2.05) is 24.3 Å². The van der Waals surface area contributed by atoms with Crippen molar-refractivity contribution >= 4 is 27.5 Å². The summed E-state index contributed by atoms with van der Waals surface area (Å²) in [6.45, 7) is 6.57. The van der Waals surface area contributed by atoms with Crippen molar-refractivity contribution in [2.24, 2.45) is 5.92 Å².